The fourth-order valence-electron chi connectivity index (χ4n) is 2.03. The highest BCUT2D eigenvalue weighted by molar-refractivity contribution is 7.99. The van der Waals surface area contributed by atoms with Crippen LogP contribution in [0.15, 0.2) is 24.3 Å². The van der Waals surface area contributed by atoms with Crippen LogP contribution in [0.3, 0.4) is 0 Å². The van der Waals surface area contributed by atoms with Crippen molar-refractivity contribution in [2.45, 2.75) is 18.9 Å². The van der Waals surface area contributed by atoms with Gasteiger partial charge in [-0.25, -0.2) is 4.39 Å². The van der Waals surface area contributed by atoms with Gasteiger partial charge in [0.05, 0.1) is 0 Å². The highest BCUT2D eigenvalue weighted by Crippen LogP contribution is 2.31. The zero-order valence-corrected chi connectivity index (χ0v) is 9.47. The normalized spacial score (nSPS) is 20.1. The molecule has 1 aromatic rings. The van der Waals surface area contributed by atoms with Gasteiger partial charge in [0, 0.05) is 6.04 Å². The summed E-state index contributed by atoms with van der Waals surface area (Å²) >= 11 is 2.00. The van der Waals surface area contributed by atoms with Crippen molar-refractivity contribution < 1.29 is 4.39 Å². The summed E-state index contributed by atoms with van der Waals surface area (Å²) in [6.45, 7) is 0. The van der Waals surface area contributed by atoms with E-state index in [1.165, 1.54) is 36.5 Å². The fraction of sp³-hybridized carbons (Fsp3) is 0.500. The second kappa shape index (κ2) is 4.99. The molecular weight excluding hydrogens is 209 g/mol. The van der Waals surface area contributed by atoms with E-state index in [-0.39, 0.29) is 11.9 Å². The summed E-state index contributed by atoms with van der Waals surface area (Å²) in [5.41, 5.74) is 7.25. The van der Waals surface area contributed by atoms with Gasteiger partial charge in [0.15, 0.2) is 0 Å². The maximum Gasteiger partial charge on any atom is 0.123 e. The molecule has 2 rings (SSSR count). The van der Waals surface area contributed by atoms with Gasteiger partial charge in [-0.3, -0.25) is 0 Å². The van der Waals surface area contributed by atoms with Gasteiger partial charge in [0.2, 0.25) is 0 Å². The molecule has 0 saturated carbocycles. The third kappa shape index (κ3) is 2.73. The van der Waals surface area contributed by atoms with E-state index < -0.39 is 0 Å². The van der Waals surface area contributed by atoms with Crippen LogP contribution >= 0.6 is 11.8 Å². The third-order valence-electron chi connectivity index (χ3n) is 3.03. The zero-order valence-electron chi connectivity index (χ0n) is 8.66. The summed E-state index contributed by atoms with van der Waals surface area (Å²) in [6, 6.07) is 6.68. The second-order valence-electron chi connectivity index (χ2n) is 4.03. The van der Waals surface area contributed by atoms with E-state index in [1.807, 2.05) is 23.9 Å². The smallest absolute Gasteiger partial charge is 0.123 e. The lowest BCUT2D eigenvalue weighted by Crippen LogP contribution is -2.24. The Morgan fingerprint density at radius 1 is 1.20 bits per heavy atom. The molecular formula is C12H16FNS. The van der Waals surface area contributed by atoms with E-state index in [0.29, 0.717) is 5.92 Å². The maximum absolute atomic E-state index is 12.7. The zero-order chi connectivity index (χ0) is 10.7. The first-order valence-electron chi connectivity index (χ1n) is 5.36. The highest BCUT2D eigenvalue weighted by Gasteiger charge is 2.21. The monoisotopic (exact) mass is 225 g/mol. The summed E-state index contributed by atoms with van der Waals surface area (Å²) in [7, 11) is 0. The number of thioether (sulfide) groups is 1. The number of nitrogens with two attached hydrogens (primary N) is 1. The number of benzene rings is 1. The molecule has 1 aromatic carbocycles. The SMILES string of the molecule is NC(c1ccc(F)cc1)C1CCSCC1. The van der Waals surface area contributed by atoms with E-state index in [1.54, 1.807) is 0 Å². The third-order valence-corrected chi connectivity index (χ3v) is 4.08. The van der Waals surface area contributed by atoms with Crippen molar-refractivity contribution in [3.05, 3.63) is 35.6 Å². The molecule has 0 spiro atoms. The fourth-order valence-corrected chi connectivity index (χ4v) is 3.18. The lowest BCUT2D eigenvalue weighted by atomic mass is 9.89. The number of halogens is 1. The van der Waals surface area contributed by atoms with Gasteiger partial charge < -0.3 is 5.73 Å². The Morgan fingerprint density at radius 2 is 1.80 bits per heavy atom. The Hall–Kier alpha value is -0.540. The molecule has 1 aliphatic heterocycles. The standard InChI is InChI=1S/C12H16FNS/c13-11-3-1-9(2-4-11)12(14)10-5-7-15-8-6-10/h1-4,10,12H,5-8,14H2. The first kappa shape index (κ1) is 11.0. The first-order valence-corrected chi connectivity index (χ1v) is 6.51. The van der Waals surface area contributed by atoms with Crippen LogP contribution in [0.1, 0.15) is 24.4 Å². The molecule has 82 valence electrons. The van der Waals surface area contributed by atoms with E-state index in [9.17, 15) is 4.39 Å². The predicted molar refractivity (Wildman–Crippen MR) is 63.4 cm³/mol. The van der Waals surface area contributed by atoms with Crippen molar-refractivity contribution in [2.75, 3.05) is 11.5 Å². The van der Waals surface area contributed by atoms with Crippen molar-refractivity contribution in [1.29, 1.82) is 0 Å². The van der Waals surface area contributed by atoms with E-state index >= 15 is 0 Å². The van der Waals surface area contributed by atoms with Gasteiger partial charge in [0.25, 0.3) is 0 Å². The molecule has 0 radical (unpaired) electrons. The molecule has 1 aliphatic rings. The van der Waals surface area contributed by atoms with Gasteiger partial charge in [-0.2, -0.15) is 11.8 Å². The minimum atomic E-state index is -0.190. The molecule has 1 fully saturated rings. The van der Waals surface area contributed by atoms with Crippen LogP contribution in [0.4, 0.5) is 4.39 Å². The molecule has 1 heterocycles. The number of hydrogen-bond acceptors (Lipinski definition) is 2. The molecule has 1 saturated heterocycles. The van der Waals surface area contributed by atoms with Crippen LogP contribution in [0.5, 0.6) is 0 Å². The van der Waals surface area contributed by atoms with Crippen molar-refractivity contribution in [1.82, 2.24) is 0 Å². The van der Waals surface area contributed by atoms with Crippen LogP contribution in [0.2, 0.25) is 0 Å². The lowest BCUT2D eigenvalue weighted by Gasteiger charge is -2.27. The molecule has 1 atom stereocenters. The lowest BCUT2D eigenvalue weighted by molar-refractivity contribution is 0.403. The Balaban J connectivity index is 2.05. The highest BCUT2D eigenvalue weighted by atomic mass is 32.2. The summed E-state index contributed by atoms with van der Waals surface area (Å²) < 4.78 is 12.7. The Bertz CT molecular complexity index is 306. The maximum atomic E-state index is 12.7. The van der Waals surface area contributed by atoms with Crippen LogP contribution in [-0.4, -0.2) is 11.5 Å². The number of hydrogen-bond donors (Lipinski definition) is 1. The van der Waals surface area contributed by atoms with Crippen LogP contribution in [0, 0.1) is 11.7 Å². The summed E-state index contributed by atoms with van der Waals surface area (Å²) in [4.78, 5) is 0. The van der Waals surface area contributed by atoms with Crippen LogP contribution < -0.4 is 5.73 Å². The quantitative estimate of drug-likeness (QED) is 0.837. The van der Waals surface area contributed by atoms with E-state index in [4.69, 9.17) is 5.73 Å². The predicted octanol–water partition coefficient (Wildman–Crippen LogP) is 2.97. The van der Waals surface area contributed by atoms with Crippen molar-refractivity contribution in [3.63, 3.8) is 0 Å². The van der Waals surface area contributed by atoms with Gasteiger partial charge >= 0.3 is 0 Å². The van der Waals surface area contributed by atoms with E-state index in [0.717, 1.165) is 5.56 Å². The van der Waals surface area contributed by atoms with Gasteiger partial charge in [-0.05, 0) is 48.0 Å². The first-order chi connectivity index (χ1) is 7.27. The molecule has 0 aliphatic carbocycles. The molecule has 1 nitrogen and oxygen atoms in total. The topological polar surface area (TPSA) is 26.0 Å². The minimum Gasteiger partial charge on any atom is -0.324 e. The van der Waals surface area contributed by atoms with Crippen molar-refractivity contribution >= 4 is 11.8 Å². The molecule has 3 heteroatoms. The van der Waals surface area contributed by atoms with Crippen molar-refractivity contribution in [2.24, 2.45) is 11.7 Å². The minimum absolute atomic E-state index is 0.0755. The molecule has 0 aromatic heterocycles. The largest absolute Gasteiger partial charge is 0.324 e. The molecule has 2 N–H and O–H groups in total. The van der Waals surface area contributed by atoms with Crippen LogP contribution in [0.25, 0.3) is 0 Å². The average Bonchev–Trinajstić information content (AvgIpc) is 2.30. The Morgan fingerprint density at radius 3 is 2.40 bits per heavy atom. The molecule has 15 heavy (non-hydrogen) atoms. The average molecular weight is 225 g/mol. The molecule has 0 bridgehead atoms. The van der Waals surface area contributed by atoms with Gasteiger partial charge in [-0.15, -0.1) is 0 Å². The van der Waals surface area contributed by atoms with Gasteiger partial charge in [-0.1, -0.05) is 12.1 Å². The van der Waals surface area contributed by atoms with Crippen LogP contribution in [-0.2, 0) is 0 Å². The number of rotatable bonds is 2. The Labute approximate surface area is 94.2 Å². The summed E-state index contributed by atoms with van der Waals surface area (Å²) in [5.74, 6) is 2.79. The summed E-state index contributed by atoms with van der Waals surface area (Å²) in [5, 5.41) is 0. The van der Waals surface area contributed by atoms with Crippen molar-refractivity contribution in [3.8, 4) is 0 Å². The Kier molecular flexibility index (Phi) is 3.65. The second-order valence-corrected chi connectivity index (χ2v) is 5.25. The van der Waals surface area contributed by atoms with E-state index in [2.05, 4.69) is 0 Å². The summed E-state index contributed by atoms with van der Waals surface area (Å²) in [6.07, 6.45) is 2.37. The molecule has 0 amide bonds. The molecule has 1 unspecified atom stereocenters. The van der Waals surface area contributed by atoms with Gasteiger partial charge in [0.1, 0.15) is 5.82 Å².